The van der Waals surface area contributed by atoms with Gasteiger partial charge in [-0.05, 0) is 22.8 Å². The molecule has 7 heteroatoms. The van der Waals surface area contributed by atoms with E-state index in [1.165, 1.54) is 0 Å². The Balaban J connectivity index is 0.000000399. The fourth-order valence-electron chi connectivity index (χ4n) is 2.38. The highest BCUT2D eigenvalue weighted by Crippen LogP contribution is 2.36. The van der Waals surface area contributed by atoms with Crippen molar-refractivity contribution in [2.45, 2.75) is 0 Å². The topological polar surface area (TPSA) is 28.1 Å². The molecule has 0 aliphatic heterocycles. The van der Waals surface area contributed by atoms with E-state index >= 15 is 0 Å². The lowest BCUT2D eigenvalue weighted by Gasteiger charge is -2.08. The second kappa shape index (κ2) is 8.11. The smallest absolute Gasteiger partial charge is 0.418 e. The maximum Gasteiger partial charge on any atom is 0.673 e. The Hall–Kier alpha value is -3.14. The summed E-state index contributed by atoms with van der Waals surface area (Å²) in [7, 11) is -6.00. The number of hydrogen-bond donors (Lipinski definition) is 0. The van der Waals surface area contributed by atoms with Gasteiger partial charge in [-0.25, -0.2) is 0 Å². The van der Waals surface area contributed by atoms with Gasteiger partial charge < -0.3 is 17.3 Å². The molecule has 0 N–H and O–H groups in total. The molecule has 0 saturated carbocycles. The van der Waals surface area contributed by atoms with Crippen molar-refractivity contribution < 1.29 is 17.3 Å². The van der Waals surface area contributed by atoms with Gasteiger partial charge in [0.2, 0.25) is 5.39 Å². The predicted octanol–water partition coefficient (Wildman–Crippen LogP) is 6.81. The fraction of sp³-hybridized carbons (Fsp3) is 0. The first-order valence-electron chi connectivity index (χ1n) is 7.36. The molecule has 3 aromatic carbocycles. The van der Waals surface area contributed by atoms with Crippen molar-refractivity contribution >= 4 is 12.9 Å². The first kappa shape index (κ1) is 18.2. The summed E-state index contributed by atoms with van der Waals surface area (Å²) in [5.74, 6) is 0. The van der Waals surface area contributed by atoms with E-state index in [1.54, 1.807) is 6.07 Å². The second-order valence-electron chi connectivity index (χ2n) is 5.02. The van der Waals surface area contributed by atoms with E-state index in [9.17, 15) is 17.3 Å². The van der Waals surface area contributed by atoms with Crippen molar-refractivity contribution in [1.29, 1.82) is 5.39 Å². The van der Waals surface area contributed by atoms with Gasteiger partial charge in [0.1, 0.15) is 0 Å². The molecule has 0 aromatic heterocycles. The Labute approximate surface area is 142 Å². The summed E-state index contributed by atoms with van der Waals surface area (Å²) in [6, 6.07) is 25.9. The minimum atomic E-state index is -6.00. The van der Waals surface area contributed by atoms with Crippen LogP contribution in [0.5, 0.6) is 0 Å². The minimum Gasteiger partial charge on any atom is -0.418 e. The molecule has 0 unspecified atom stereocenters. The van der Waals surface area contributed by atoms with E-state index in [2.05, 4.69) is 23.2 Å². The van der Waals surface area contributed by atoms with Crippen LogP contribution in [0.15, 0.2) is 78.9 Å². The number of benzene rings is 3. The zero-order valence-corrected chi connectivity index (χ0v) is 13.0. The van der Waals surface area contributed by atoms with E-state index in [1.807, 2.05) is 54.6 Å². The van der Waals surface area contributed by atoms with E-state index in [4.69, 9.17) is 5.39 Å². The summed E-state index contributed by atoms with van der Waals surface area (Å²) in [4.78, 5) is 3.38. The van der Waals surface area contributed by atoms with Crippen LogP contribution in [0, 0.1) is 5.39 Å². The highest BCUT2D eigenvalue weighted by atomic mass is 19.5. The highest BCUT2D eigenvalue weighted by Gasteiger charge is 2.20. The van der Waals surface area contributed by atoms with Crippen molar-refractivity contribution in [3.8, 4) is 22.3 Å². The molecule has 0 radical (unpaired) electrons. The van der Waals surface area contributed by atoms with Gasteiger partial charge in [0.15, 0.2) is 4.98 Å². The summed E-state index contributed by atoms with van der Waals surface area (Å²) in [5, 5.41) is 9.17. The molecule has 0 fully saturated rings. The Morgan fingerprint density at radius 3 is 1.60 bits per heavy atom. The lowest BCUT2D eigenvalue weighted by atomic mass is 9.94. The van der Waals surface area contributed by atoms with E-state index in [0.29, 0.717) is 5.69 Å². The Bertz CT molecular complexity index is 868. The van der Waals surface area contributed by atoms with Gasteiger partial charge in [-0.3, -0.25) is 0 Å². The Kier molecular flexibility index (Phi) is 5.91. The van der Waals surface area contributed by atoms with Gasteiger partial charge in [-0.2, -0.15) is 0 Å². The molecule has 0 atom stereocenters. The van der Waals surface area contributed by atoms with Crippen molar-refractivity contribution in [3.63, 3.8) is 0 Å². The molecule has 0 saturated heterocycles. The molecule has 0 spiro atoms. The Morgan fingerprint density at radius 1 is 0.600 bits per heavy atom. The van der Waals surface area contributed by atoms with Crippen LogP contribution in [0.2, 0.25) is 0 Å². The maximum atomic E-state index is 9.75. The van der Waals surface area contributed by atoms with Crippen LogP contribution < -0.4 is 0 Å². The number of hydrogen-bond acceptors (Lipinski definition) is 1. The standard InChI is InChI=1S/C18H13N2.BF4/c19-20-18-13-7-6-12-17(18)16-11-5-4-10-15(16)14-8-2-1-3-9-14;2-1(3,4)5/h1-13H;/q+1;-1. The van der Waals surface area contributed by atoms with E-state index in [0.717, 1.165) is 22.3 Å². The van der Waals surface area contributed by atoms with Gasteiger partial charge in [-0.1, -0.05) is 66.7 Å². The summed E-state index contributed by atoms with van der Waals surface area (Å²) >= 11 is 0. The molecule has 0 heterocycles. The summed E-state index contributed by atoms with van der Waals surface area (Å²) in [6.45, 7) is 0. The van der Waals surface area contributed by atoms with Crippen molar-refractivity contribution in [2.75, 3.05) is 0 Å². The first-order chi connectivity index (χ1) is 11.9. The molecule has 0 bridgehead atoms. The lowest BCUT2D eigenvalue weighted by molar-refractivity contribution is 0.368. The van der Waals surface area contributed by atoms with Crippen LogP contribution in [0.4, 0.5) is 23.0 Å². The molecule has 2 nitrogen and oxygen atoms in total. The number of nitrogens with zero attached hydrogens (tertiary/aromatic N) is 2. The molecule has 0 aliphatic carbocycles. The predicted molar refractivity (Wildman–Crippen MR) is 92.2 cm³/mol. The van der Waals surface area contributed by atoms with Crippen LogP contribution in [0.1, 0.15) is 0 Å². The zero-order valence-electron chi connectivity index (χ0n) is 13.0. The molecule has 0 aliphatic rings. The highest BCUT2D eigenvalue weighted by molar-refractivity contribution is 6.50. The van der Waals surface area contributed by atoms with Gasteiger partial charge >= 0.3 is 12.9 Å². The molecular formula is C18H13BF4N2. The zero-order chi connectivity index (χ0) is 18.3. The maximum absolute atomic E-state index is 9.75. The molecule has 25 heavy (non-hydrogen) atoms. The van der Waals surface area contributed by atoms with Crippen molar-refractivity contribution in [3.05, 3.63) is 83.8 Å². The van der Waals surface area contributed by atoms with Crippen molar-refractivity contribution in [1.82, 2.24) is 0 Å². The van der Waals surface area contributed by atoms with Crippen LogP contribution in [0.3, 0.4) is 0 Å². The van der Waals surface area contributed by atoms with Crippen LogP contribution >= 0.6 is 0 Å². The van der Waals surface area contributed by atoms with Crippen LogP contribution in [-0.4, -0.2) is 7.25 Å². The quantitative estimate of drug-likeness (QED) is 0.285. The SMILES string of the molecule is F[B-](F)(F)F.N#[N+]c1ccccc1-c1ccccc1-c1ccccc1. The molecular weight excluding hydrogens is 331 g/mol. The number of diazo groups is 1. The monoisotopic (exact) mass is 344 g/mol. The Morgan fingerprint density at radius 2 is 1.04 bits per heavy atom. The summed E-state index contributed by atoms with van der Waals surface area (Å²) in [6.07, 6.45) is 0. The lowest BCUT2D eigenvalue weighted by Crippen LogP contribution is -2.02. The molecule has 3 rings (SSSR count). The molecule has 0 amide bonds. The third-order valence-electron chi connectivity index (χ3n) is 3.31. The molecule has 3 aromatic rings. The average Bonchev–Trinajstić information content (AvgIpc) is 2.61. The van der Waals surface area contributed by atoms with Gasteiger partial charge in [0, 0.05) is 6.07 Å². The largest absolute Gasteiger partial charge is 0.673 e. The fourth-order valence-corrected chi connectivity index (χ4v) is 2.38. The van der Waals surface area contributed by atoms with Gasteiger partial charge in [0.05, 0.1) is 5.56 Å². The summed E-state index contributed by atoms with van der Waals surface area (Å²) in [5.41, 5.74) is 4.84. The summed E-state index contributed by atoms with van der Waals surface area (Å²) < 4.78 is 39.0. The normalized spacial score (nSPS) is 10.4. The second-order valence-corrected chi connectivity index (χ2v) is 5.02. The minimum absolute atomic E-state index is 0.580. The van der Waals surface area contributed by atoms with E-state index in [-0.39, 0.29) is 0 Å². The van der Waals surface area contributed by atoms with Gasteiger partial charge in [0.25, 0.3) is 0 Å². The third-order valence-corrected chi connectivity index (χ3v) is 3.31. The van der Waals surface area contributed by atoms with E-state index < -0.39 is 7.25 Å². The third kappa shape index (κ3) is 5.46. The number of rotatable bonds is 2. The average molecular weight is 344 g/mol. The van der Waals surface area contributed by atoms with Gasteiger partial charge in [-0.15, -0.1) is 0 Å². The van der Waals surface area contributed by atoms with Crippen molar-refractivity contribution in [2.24, 2.45) is 0 Å². The van der Waals surface area contributed by atoms with Crippen LogP contribution in [0.25, 0.3) is 27.2 Å². The molecule has 126 valence electrons. The number of halogens is 4. The van der Waals surface area contributed by atoms with Crippen LogP contribution in [-0.2, 0) is 0 Å². The first-order valence-corrected chi connectivity index (χ1v) is 7.36.